The van der Waals surface area contributed by atoms with Gasteiger partial charge in [0.1, 0.15) is 17.8 Å². The molecular weight excluding hydrogens is 476 g/mol. The minimum Gasteiger partial charge on any atom is -0.497 e. The molecule has 1 amide bonds. The second-order valence-corrected chi connectivity index (χ2v) is 9.64. The molecule has 3 heterocycles. The van der Waals surface area contributed by atoms with Crippen molar-refractivity contribution in [1.29, 1.82) is 0 Å². The number of ether oxygens (including phenoxy) is 1. The van der Waals surface area contributed by atoms with E-state index >= 15 is 0 Å². The summed E-state index contributed by atoms with van der Waals surface area (Å²) in [5, 5.41) is 3.48. The molecule has 36 heavy (non-hydrogen) atoms. The summed E-state index contributed by atoms with van der Waals surface area (Å²) >= 11 is 6.58. The van der Waals surface area contributed by atoms with Gasteiger partial charge in [-0.3, -0.25) is 14.0 Å². The Balaban J connectivity index is 1.77. The van der Waals surface area contributed by atoms with Crippen molar-refractivity contribution in [3.8, 4) is 16.9 Å². The number of aryl methyl sites for hydroxylation is 2. The van der Waals surface area contributed by atoms with Crippen molar-refractivity contribution in [3.63, 3.8) is 0 Å². The van der Waals surface area contributed by atoms with Crippen molar-refractivity contribution >= 4 is 23.0 Å². The summed E-state index contributed by atoms with van der Waals surface area (Å²) in [4.78, 5) is 33.6. The Labute approximate surface area is 215 Å². The molecule has 0 spiro atoms. The van der Waals surface area contributed by atoms with Gasteiger partial charge in [0, 0.05) is 23.4 Å². The fourth-order valence-electron chi connectivity index (χ4n) is 4.48. The third-order valence-electron chi connectivity index (χ3n) is 6.25. The van der Waals surface area contributed by atoms with Crippen LogP contribution in [-0.4, -0.2) is 27.4 Å². The third-order valence-corrected chi connectivity index (χ3v) is 6.57. The van der Waals surface area contributed by atoms with Crippen molar-refractivity contribution in [2.75, 3.05) is 7.11 Å². The fraction of sp³-hybridized carbons (Fsp3) is 0.321. The highest BCUT2D eigenvalue weighted by atomic mass is 35.5. The molecule has 1 aromatic carbocycles. The fourth-order valence-corrected chi connectivity index (χ4v) is 4.76. The number of nitrogens with zero attached hydrogens (tertiary/aromatic N) is 2. The number of aromatic amines is 1. The molecule has 188 valence electrons. The zero-order valence-corrected chi connectivity index (χ0v) is 22.0. The van der Waals surface area contributed by atoms with Crippen molar-refractivity contribution in [3.05, 3.63) is 86.3 Å². The quantitative estimate of drug-likeness (QED) is 0.322. The lowest BCUT2D eigenvalue weighted by Crippen LogP contribution is -2.29. The summed E-state index contributed by atoms with van der Waals surface area (Å²) in [6.45, 7) is 8.18. The van der Waals surface area contributed by atoms with Gasteiger partial charge in [0.2, 0.25) is 0 Å². The number of rotatable bonds is 8. The van der Waals surface area contributed by atoms with Crippen LogP contribution >= 0.6 is 11.6 Å². The first-order valence-electron chi connectivity index (χ1n) is 12.1. The maximum Gasteiger partial charge on any atom is 0.268 e. The minimum atomic E-state index is -0.304. The maximum atomic E-state index is 13.5. The molecule has 0 aliphatic heterocycles. The number of carbonyl (C=O) groups is 1. The van der Waals surface area contributed by atoms with E-state index in [-0.39, 0.29) is 23.9 Å². The summed E-state index contributed by atoms with van der Waals surface area (Å²) in [5.74, 6) is 0.512. The molecule has 0 saturated carbocycles. The standard InChI is InChI=1S/C28H31ClN4O3/c1-6-7-18-10-17(4)32-27(34)22(18)14-30-28(35)25-12-19(21-9-8-20(36-5)13-23(21)29)11-24-26(16(2)3)31-15-33(24)25/h8-13,15-16H,6-7,14H2,1-5H3,(H,30,35)(H,32,34). The number of pyridine rings is 2. The Morgan fingerprint density at radius 1 is 1.22 bits per heavy atom. The Morgan fingerprint density at radius 3 is 2.67 bits per heavy atom. The Bertz CT molecular complexity index is 1490. The predicted molar refractivity (Wildman–Crippen MR) is 143 cm³/mol. The monoisotopic (exact) mass is 506 g/mol. The van der Waals surface area contributed by atoms with Crippen molar-refractivity contribution in [1.82, 2.24) is 19.7 Å². The molecule has 2 N–H and O–H groups in total. The number of H-pyrrole nitrogens is 1. The molecule has 0 saturated heterocycles. The van der Waals surface area contributed by atoms with E-state index in [9.17, 15) is 9.59 Å². The third kappa shape index (κ3) is 5.02. The van der Waals surface area contributed by atoms with Gasteiger partial charge in [-0.05, 0) is 66.8 Å². The van der Waals surface area contributed by atoms with E-state index in [1.54, 1.807) is 30.0 Å². The van der Waals surface area contributed by atoms with Crippen molar-refractivity contribution < 1.29 is 9.53 Å². The number of fused-ring (bicyclic) bond motifs is 1. The maximum absolute atomic E-state index is 13.5. The first-order valence-corrected chi connectivity index (χ1v) is 12.5. The second-order valence-electron chi connectivity index (χ2n) is 9.23. The average Bonchev–Trinajstić information content (AvgIpc) is 3.27. The van der Waals surface area contributed by atoms with Crippen LogP contribution in [-0.2, 0) is 13.0 Å². The number of aromatic nitrogens is 3. The highest BCUT2D eigenvalue weighted by Crippen LogP contribution is 2.34. The molecule has 0 unspecified atom stereocenters. The molecule has 4 aromatic rings. The second kappa shape index (κ2) is 10.6. The van der Waals surface area contributed by atoms with Crippen LogP contribution in [0, 0.1) is 6.92 Å². The van der Waals surface area contributed by atoms with Crippen molar-refractivity contribution in [2.24, 2.45) is 0 Å². The predicted octanol–water partition coefficient (Wildman–Crippen LogP) is 5.67. The lowest BCUT2D eigenvalue weighted by Gasteiger charge is -2.14. The highest BCUT2D eigenvalue weighted by Gasteiger charge is 2.19. The van der Waals surface area contributed by atoms with Gasteiger partial charge in [-0.15, -0.1) is 0 Å². The van der Waals surface area contributed by atoms with E-state index in [1.165, 1.54) is 0 Å². The molecule has 3 aromatic heterocycles. The number of imidazole rings is 1. The van der Waals surface area contributed by atoms with Gasteiger partial charge in [-0.25, -0.2) is 4.98 Å². The zero-order chi connectivity index (χ0) is 26.0. The van der Waals surface area contributed by atoms with Gasteiger partial charge in [0.15, 0.2) is 0 Å². The largest absolute Gasteiger partial charge is 0.497 e. The molecule has 7 nitrogen and oxygen atoms in total. The number of methoxy groups -OCH3 is 1. The Morgan fingerprint density at radius 2 is 2.00 bits per heavy atom. The molecule has 0 bridgehead atoms. The Hall–Kier alpha value is -3.58. The summed E-state index contributed by atoms with van der Waals surface area (Å²) in [6.07, 6.45) is 3.34. The van der Waals surface area contributed by atoms with Gasteiger partial charge < -0.3 is 15.0 Å². The zero-order valence-electron chi connectivity index (χ0n) is 21.2. The molecule has 0 aliphatic carbocycles. The highest BCUT2D eigenvalue weighted by molar-refractivity contribution is 6.33. The van der Waals surface area contributed by atoms with Crippen molar-refractivity contribution in [2.45, 2.75) is 53.0 Å². The Kier molecular flexibility index (Phi) is 7.50. The van der Waals surface area contributed by atoms with E-state index in [0.717, 1.165) is 46.4 Å². The molecular formula is C28H31ClN4O3. The summed E-state index contributed by atoms with van der Waals surface area (Å²) < 4.78 is 7.07. The number of nitrogens with one attached hydrogen (secondary N) is 2. The van der Waals surface area contributed by atoms with E-state index in [0.29, 0.717) is 22.0 Å². The normalized spacial score (nSPS) is 11.3. The van der Waals surface area contributed by atoms with E-state index < -0.39 is 0 Å². The molecule has 0 radical (unpaired) electrons. The van der Waals surface area contributed by atoms with Gasteiger partial charge in [0.25, 0.3) is 11.5 Å². The van der Waals surface area contributed by atoms with Crippen LogP contribution in [0.5, 0.6) is 5.75 Å². The van der Waals surface area contributed by atoms with Crippen LogP contribution in [0.4, 0.5) is 0 Å². The number of benzene rings is 1. The first kappa shape index (κ1) is 25.5. The number of carbonyl (C=O) groups excluding carboxylic acids is 1. The van der Waals surface area contributed by atoms with Gasteiger partial charge >= 0.3 is 0 Å². The SMILES string of the molecule is CCCc1cc(C)[nH]c(=O)c1CNC(=O)c1cc(-c2ccc(OC)cc2Cl)cc2c(C(C)C)ncn12. The smallest absolute Gasteiger partial charge is 0.268 e. The van der Waals surface area contributed by atoms with Crippen LogP contribution in [0.1, 0.15) is 66.1 Å². The van der Waals surface area contributed by atoms with Gasteiger partial charge in [-0.2, -0.15) is 0 Å². The molecule has 0 fully saturated rings. The lowest BCUT2D eigenvalue weighted by molar-refractivity contribution is 0.0944. The van der Waals surface area contributed by atoms with E-state index in [1.807, 2.05) is 31.2 Å². The molecule has 8 heteroatoms. The molecule has 0 atom stereocenters. The van der Waals surface area contributed by atoms with Crippen LogP contribution in [0.2, 0.25) is 5.02 Å². The van der Waals surface area contributed by atoms with E-state index in [2.05, 4.69) is 36.1 Å². The first-order chi connectivity index (χ1) is 17.2. The summed E-state index contributed by atoms with van der Waals surface area (Å²) in [7, 11) is 1.59. The van der Waals surface area contributed by atoms with Crippen LogP contribution in [0.15, 0.2) is 47.5 Å². The van der Waals surface area contributed by atoms with Crippen LogP contribution in [0.3, 0.4) is 0 Å². The molecule has 4 rings (SSSR count). The van der Waals surface area contributed by atoms with Crippen LogP contribution < -0.4 is 15.6 Å². The topological polar surface area (TPSA) is 88.5 Å². The van der Waals surface area contributed by atoms with Gasteiger partial charge in [0.05, 0.1) is 23.3 Å². The molecule has 0 aliphatic rings. The van der Waals surface area contributed by atoms with E-state index in [4.69, 9.17) is 16.3 Å². The van der Waals surface area contributed by atoms with Crippen LogP contribution in [0.25, 0.3) is 16.6 Å². The number of hydrogen-bond acceptors (Lipinski definition) is 4. The number of halogens is 1. The van der Waals surface area contributed by atoms with Gasteiger partial charge in [-0.1, -0.05) is 38.8 Å². The number of hydrogen-bond donors (Lipinski definition) is 2. The summed E-state index contributed by atoms with van der Waals surface area (Å²) in [5.41, 5.74) is 5.87. The lowest BCUT2D eigenvalue weighted by atomic mass is 10.0. The minimum absolute atomic E-state index is 0.129. The summed E-state index contributed by atoms with van der Waals surface area (Å²) in [6, 6.07) is 11.2. The number of amides is 1. The average molecular weight is 507 g/mol.